The summed E-state index contributed by atoms with van der Waals surface area (Å²) in [5.41, 5.74) is 1.53. The molecule has 3 heterocycles. The van der Waals surface area contributed by atoms with Crippen LogP contribution in [-0.4, -0.2) is 45.5 Å². The largest absolute Gasteiger partial charge is 0.376 e. The number of carbonyl (C=O) groups excluding carboxylic acids is 1. The zero-order valence-electron chi connectivity index (χ0n) is 14.1. The number of nitrogens with zero attached hydrogens (tertiary/aromatic N) is 4. The molecule has 3 rings (SSSR count). The molecule has 24 heavy (non-hydrogen) atoms. The van der Waals surface area contributed by atoms with E-state index in [4.69, 9.17) is 4.74 Å². The molecule has 0 unspecified atom stereocenters. The van der Waals surface area contributed by atoms with E-state index in [2.05, 4.69) is 15.4 Å². The molecule has 7 nitrogen and oxygen atoms in total. The first-order chi connectivity index (χ1) is 11.6. The lowest BCUT2D eigenvalue weighted by Crippen LogP contribution is -2.33. The van der Waals surface area contributed by atoms with E-state index >= 15 is 0 Å². The van der Waals surface area contributed by atoms with Gasteiger partial charge < -0.3 is 15.0 Å². The Kier molecular flexibility index (Phi) is 5.10. The second-order valence-corrected chi connectivity index (χ2v) is 6.06. The zero-order valence-corrected chi connectivity index (χ0v) is 14.1. The van der Waals surface area contributed by atoms with E-state index in [-0.39, 0.29) is 18.2 Å². The van der Waals surface area contributed by atoms with Crippen molar-refractivity contribution in [3.8, 4) is 0 Å². The molecular weight excluding hydrogens is 306 g/mol. The highest BCUT2D eigenvalue weighted by atomic mass is 16.5. The monoisotopic (exact) mass is 329 g/mol. The van der Waals surface area contributed by atoms with E-state index in [1.165, 1.54) is 0 Å². The number of aromatic nitrogens is 3. The van der Waals surface area contributed by atoms with E-state index < -0.39 is 0 Å². The van der Waals surface area contributed by atoms with E-state index in [1.54, 1.807) is 24.3 Å². The fourth-order valence-electron chi connectivity index (χ4n) is 2.73. The van der Waals surface area contributed by atoms with Gasteiger partial charge in [-0.25, -0.2) is 4.79 Å². The van der Waals surface area contributed by atoms with Gasteiger partial charge in [-0.3, -0.25) is 9.67 Å². The Morgan fingerprint density at radius 2 is 2.42 bits per heavy atom. The van der Waals surface area contributed by atoms with Gasteiger partial charge in [0.05, 0.1) is 36.3 Å². The van der Waals surface area contributed by atoms with Crippen LogP contribution in [0.3, 0.4) is 0 Å². The van der Waals surface area contributed by atoms with Crippen molar-refractivity contribution in [1.82, 2.24) is 19.7 Å². The van der Waals surface area contributed by atoms with E-state index in [0.29, 0.717) is 5.69 Å². The minimum Gasteiger partial charge on any atom is -0.376 e. The van der Waals surface area contributed by atoms with Crippen LogP contribution in [0.5, 0.6) is 0 Å². The molecule has 1 fully saturated rings. The lowest BCUT2D eigenvalue weighted by molar-refractivity contribution is 0.0940. The first kappa shape index (κ1) is 16.4. The maximum Gasteiger partial charge on any atom is 0.322 e. The van der Waals surface area contributed by atoms with Gasteiger partial charge in [0.2, 0.25) is 0 Å². The minimum absolute atomic E-state index is 0.117. The summed E-state index contributed by atoms with van der Waals surface area (Å²) in [6, 6.07) is 5.38. The molecule has 2 atom stereocenters. The predicted molar refractivity (Wildman–Crippen MR) is 90.6 cm³/mol. The number of amides is 2. The van der Waals surface area contributed by atoms with Crippen LogP contribution < -0.4 is 5.32 Å². The number of pyridine rings is 1. The van der Waals surface area contributed by atoms with Crippen molar-refractivity contribution in [2.75, 3.05) is 19.0 Å². The number of hydrogen-bond acceptors (Lipinski definition) is 4. The number of anilines is 1. The molecule has 128 valence electrons. The minimum atomic E-state index is -0.190. The fourth-order valence-corrected chi connectivity index (χ4v) is 2.73. The summed E-state index contributed by atoms with van der Waals surface area (Å²) in [6.45, 7) is 3.49. The molecule has 0 aromatic carbocycles. The highest BCUT2D eigenvalue weighted by Crippen LogP contribution is 2.18. The first-order valence-corrected chi connectivity index (χ1v) is 8.22. The molecule has 1 aliphatic rings. The summed E-state index contributed by atoms with van der Waals surface area (Å²) < 4.78 is 7.42. The van der Waals surface area contributed by atoms with Gasteiger partial charge in [0.15, 0.2) is 0 Å². The smallest absolute Gasteiger partial charge is 0.322 e. The quantitative estimate of drug-likeness (QED) is 0.915. The Bertz CT molecular complexity index is 667. The maximum atomic E-state index is 12.4. The number of rotatable bonds is 5. The third-order valence-electron chi connectivity index (χ3n) is 4.32. The number of urea groups is 1. The molecule has 0 spiro atoms. The van der Waals surface area contributed by atoms with Crippen LogP contribution in [0.4, 0.5) is 10.5 Å². The fraction of sp³-hybridized carbons (Fsp3) is 0.471. The molecule has 7 heteroatoms. The van der Waals surface area contributed by atoms with Crippen LogP contribution in [0.25, 0.3) is 0 Å². The van der Waals surface area contributed by atoms with E-state index in [0.717, 1.165) is 31.7 Å². The standard InChI is InChI=1S/C17H23N5O2/c1-13(16-7-3-4-8-18-16)21(2)17(23)20-14-10-19-22(11-14)12-15-6-5-9-24-15/h3-4,7-8,10-11,13,15H,5-6,9,12H2,1-2H3,(H,20,23)/t13-,15-/m1/s1. The van der Waals surface area contributed by atoms with Crippen LogP contribution in [0.1, 0.15) is 31.5 Å². The third-order valence-corrected chi connectivity index (χ3v) is 4.32. The van der Waals surface area contributed by atoms with Crippen LogP contribution in [0, 0.1) is 0 Å². The van der Waals surface area contributed by atoms with Gasteiger partial charge in [0, 0.05) is 26.0 Å². The van der Waals surface area contributed by atoms with Gasteiger partial charge in [-0.2, -0.15) is 5.10 Å². The molecule has 1 saturated heterocycles. The van der Waals surface area contributed by atoms with Crippen molar-refractivity contribution in [2.45, 2.75) is 38.5 Å². The van der Waals surface area contributed by atoms with Crippen LogP contribution in [0.2, 0.25) is 0 Å². The summed E-state index contributed by atoms with van der Waals surface area (Å²) in [7, 11) is 1.76. The Hall–Kier alpha value is -2.41. The first-order valence-electron chi connectivity index (χ1n) is 8.22. The second kappa shape index (κ2) is 7.44. The summed E-state index contributed by atoms with van der Waals surface area (Å²) in [5.74, 6) is 0. The molecule has 1 aliphatic heterocycles. The summed E-state index contributed by atoms with van der Waals surface area (Å²) in [6.07, 6.45) is 7.61. The number of nitrogens with one attached hydrogen (secondary N) is 1. The summed E-state index contributed by atoms with van der Waals surface area (Å²) in [5, 5.41) is 7.16. The Morgan fingerprint density at radius 1 is 1.54 bits per heavy atom. The van der Waals surface area contributed by atoms with Gasteiger partial charge >= 0.3 is 6.03 Å². The lowest BCUT2D eigenvalue weighted by atomic mass is 10.2. The predicted octanol–water partition coefficient (Wildman–Crippen LogP) is 2.68. The molecule has 2 aromatic heterocycles. The van der Waals surface area contributed by atoms with Gasteiger partial charge in [-0.1, -0.05) is 6.07 Å². The normalized spacial score (nSPS) is 18.3. The maximum absolute atomic E-state index is 12.4. The Balaban J connectivity index is 1.57. The van der Waals surface area contributed by atoms with Crippen molar-refractivity contribution in [3.63, 3.8) is 0 Å². The Morgan fingerprint density at radius 3 is 3.12 bits per heavy atom. The molecule has 2 aromatic rings. The highest BCUT2D eigenvalue weighted by molar-refractivity contribution is 5.89. The average Bonchev–Trinajstić information content (AvgIpc) is 3.27. The van der Waals surface area contributed by atoms with Gasteiger partial charge in [0.1, 0.15) is 0 Å². The summed E-state index contributed by atoms with van der Waals surface area (Å²) >= 11 is 0. The third kappa shape index (κ3) is 3.91. The molecule has 1 N–H and O–H groups in total. The van der Waals surface area contributed by atoms with Gasteiger partial charge in [-0.15, -0.1) is 0 Å². The molecule has 0 aliphatic carbocycles. The van der Waals surface area contributed by atoms with E-state index in [1.807, 2.05) is 36.0 Å². The molecule has 2 amide bonds. The van der Waals surface area contributed by atoms with Crippen molar-refractivity contribution < 1.29 is 9.53 Å². The van der Waals surface area contributed by atoms with E-state index in [9.17, 15) is 4.79 Å². The Labute approximate surface area is 141 Å². The highest BCUT2D eigenvalue weighted by Gasteiger charge is 2.20. The van der Waals surface area contributed by atoms with Crippen molar-refractivity contribution in [2.24, 2.45) is 0 Å². The lowest BCUT2D eigenvalue weighted by Gasteiger charge is -2.24. The molecular formula is C17H23N5O2. The number of hydrogen-bond donors (Lipinski definition) is 1. The van der Waals surface area contributed by atoms with Crippen LogP contribution in [0.15, 0.2) is 36.8 Å². The van der Waals surface area contributed by atoms with Gasteiger partial charge in [0.25, 0.3) is 0 Å². The SMILES string of the molecule is C[C@H](c1ccccn1)N(C)C(=O)Nc1cnn(C[C@H]2CCCO2)c1. The van der Waals surface area contributed by atoms with Crippen molar-refractivity contribution in [1.29, 1.82) is 0 Å². The van der Waals surface area contributed by atoms with Crippen molar-refractivity contribution in [3.05, 3.63) is 42.5 Å². The van der Waals surface area contributed by atoms with Crippen molar-refractivity contribution >= 4 is 11.7 Å². The number of ether oxygens (including phenoxy) is 1. The number of carbonyl (C=O) groups is 1. The summed E-state index contributed by atoms with van der Waals surface area (Å²) in [4.78, 5) is 18.3. The van der Waals surface area contributed by atoms with Crippen LogP contribution >= 0.6 is 0 Å². The van der Waals surface area contributed by atoms with Crippen LogP contribution in [-0.2, 0) is 11.3 Å². The van der Waals surface area contributed by atoms with Gasteiger partial charge in [-0.05, 0) is 31.9 Å². The average molecular weight is 329 g/mol. The topological polar surface area (TPSA) is 72.3 Å². The molecule has 0 radical (unpaired) electrons. The molecule has 0 bridgehead atoms. The second-order valence-electron chi connectivity index (χ2n) is 6.06. The zero-order chi connectivity index (χ0) is 16.9. The molecule has 0 saturated carbocycles.